The van der Waals surface area contributed by atoms with E-state index in [9.17, 15) is 0 Å². The summed E-state index contributed by atoms with van der Waals surface area (Å²) < 4.78 is 9.20. The molecule has 0 fully saturated rings. The van der Waals surface area contributed by atoms with E-state index in [-0.39, 0.29) is 0 Å². The molecule has 0 bridgehead atoms. The fraction of sp³-hybridized carbons (Fsp3) is 0. The minimum absolute atomic E-state index is 0.623. The number of rotatable bonds is 4. The molecule has 0 unspecified atom stereocenters. The average molecular weight is 665 g/mol. The molecule has 5 nitrogen and oxygen atoms in total. The summed E-state index contributed by atoms with van der Waals surface area (Å²) in [4.78, 5) is 14.9. The minimum Gasteiger partial charge on any atom is -0.454 e. The maximum Gasteiger partial charge on any atom is 0.164 e. The second-order valence-electron chi connectivity index (χ2n) is 13.2. The van der Waals surface area contributed by atoms with Crippen molar-refractivity contribution < 1.29 is 4.42 Å². The second-order valence-corrected chi connectivity index (χ2v) is 13.2. The number of benzene rings is 8. The highest BCUT2D eigenvalue weighted by Crippen LogP contribution is 2.41. The zero-order valence-corrected chi connectivity index (χ0v) is 27.9. The Morgan fingerprint density at radius 1 is 0.385 bits per heavy atom. The van der Waals surface area contributed by atoms with Gasteiger partial charge in [-0.05, 0) is 57.9 Å². The molecule has 0 aliphatic heterocycles. The highest BCUT2D eigenvalue weighted by Gasteiger charge is 2.20. The molecule has 3 aromatic heterocycles. The van der Waals surface area contributed by atoms with E-state index >= 15 is 0 Å². The molecule has 8 aromatic carbocycles. The molecule has 0 atom stereocenters. The summed E-state index contributed by atoms with van der Waals surface area (Å²) in [6, 6.07) is 59.1. The van der Waals surface area contributed by atoms with Gasteiger partial charge in [0.05, 0.1) is 16.7 Å². The van der Waals surface area contributed by atoms with Crippen LogP contribution in [-0.4, -0.2) is 19.5 Å². The normalized spacial score (nSPS) is 11.8. The van der Waals surface area contributed by atoms with Crippen LogP contribution in [0.4, 0.5) is 0 Å². The number of aromatic nitrogens is 4. The van der Waals surface area contributed by atoms with Gasteiger partial charge in [-0.25, -0.2) is 15.0 Å². The zero-order valence-electron chi connectivity index (χ0n) is 27.9. The van der Waals surface area contributed by atoms with Crippen molar-refractivity contribution in [3.8, 4) is 39.9 Å². The summed E-state index contributed by atoms with van der Waals surface area (Å²) in [5.74, 6) is 1.90. The van der Waals surface area contributed by atoms with Crippen molar-refractivity contribution in [1.29, 1.82) is 0 Å². The third kappa shape index (κ3) is 4.39. The van der Waals surface area contributed by atoms with Gasteiger partial charge in [0.15, 0.2) is 23.1 Å². The molecule has 0 spiro atoms. The van der Waals surface area contributed by atoms with Crippen LogP contribution in [0.1, 0.15) is 0 Å². The van der Waals surface area contributed by atoms with Gasteiger partial charge in [0.25, 0.3) is 0 Å². The van der Waals surface area contributed by atoms with E-state index in [1.807, 2.05) is 60.7 Å². The molecular formula is C47H28N4O. The lowest BCUT2D eigenvalue weighted by atomic mass is 10.0. The summed E-state index contributed by atoms with van der Waals surface area (Å²) in [6.07, 6.45) is 0. The lowest BCUT2D eigenvalue weighted by molar-refractivity contribution is 0.666. The third-order valence-corrected chi connectivity index (χ3v) is 10.2. The summed E-state index contributed by atoms with van der Waals surface area (Å²) in [5.41, 5.74) is 7.79. The van der Waals surface area contributed by atoms with Crippen LogP contribution in [0.2, 0.25) is 0 Å². The molecular weight excluding hydrogens is 637 g/mol. The van der Waals surface area contributed by atoms with Crippen LogP contribution in [0.3, 0.4) is 0 Å². The van der Waals surface area contributed by atoms with Gasteiger partial charge in [0.2, 0.25) is 0 Å². The lowest BCUT2D eigenvalue weighted by Gasteiger charge is -2.10. The zero-order chi connectivity index (χ0) is 34.2. The summed E-state index contributed by atoms with van der Waals surface area (Å²) in [7, 11) is 0. The van der Waals surface area contributed by atoms with E-state index in [0.29, 0.717) is 17.5 Å². The Kier molecular flexibility index (Phi) is 6.18. The Labute approximate surface area is 298 Å². The van der Waals surface area contributed by atoms with Crippen molar-refractivity contribution in [3.05, 3.63) is 170 Å². The van der Waals surface area contributed by atoms with Gasteiger partial charge < -0.3 is 8.98 Å². The van der Waals surface area contributed by atoms with E-state index in [1.165, 1.54) is 21.5 Å². The SMILES string of the molecule is c1ccc(-c2nc(-c3ccccc3)nc(-c3ccc4ccc5oc6c(-n7c8ccccc8c8cc9ccccc9cc87)cccc6c5c4c3)n2)cc1. The molecule has 5 heteroatoms. The molecule has 0 saturated heterocycles. The quantitative estimate of drug-likeness (QED) is 0.188. The predicted octanol–water partition coefficient (Wildman–Crippen LogP) is 12.2. The molecule has 11 aromatic rings. The van der Waals surface area contributed by atoms with Crippen LogP contribution in [0, 0.1) is 0 Å². The average Bonchev–Trinajstić information content (AvgIpc) is 3.76. The third-order valence-electron chi connectivity index (χ3n) is 10.2. The highest BCUT2D eigenvalue weighted by atomic mass is 16.3. The van der Waals surface area contributed by atoms with Crippen LogP contribution < -0.4 is 0 Å². The number of furan rings is 1. The first-order chi connectivity index (χ1) is 25.8. The van der Waals surface area contributed by atoms with E-state index in [4.69, 9.17) is 19.4 Å². The van der Waals surface area contributed by atoms with Gasteiger partial charge in [-0.3, -0.25) is 0 Å². The largest absolute Gasteiger partial charge is 0.454 e. The maximum atomic E-state index is 6.84. The van der Waals surface area contributed by atoms with Gasteiger partial charge >= 0.3 is 0 Å². The summed E-state index contributed by atoms with van der Waals surface area (Å²) in [5, 5.41) is 9.21. The number of fused-ring (bicyclic) bond motifs is 9. The highest BCUT2D eigenvalue weighted by molar-refractivity contribution is 6.21. The van der Waals surface area contributed by atoms with Crippen molar-refractivity contribution in [1.82, 2.24) is 19.5 Å². The van der Waals surface area contributed by atoms with Crippen molar-refractivity contribution in [2.45, 2.75) is 0 Å². The molecule has 3 heterocycles. The van der Waals surface area contributed by atoms with Crippen LogP contribution in [-0.2, 0) is 0 Å². The Balaban J connectivity index is 1.15. The molecule has 0 radical (unpaired) electrons. The molecule has 0 saturated carbocycles. The van der Waals surface area contributed by atoms with Crippen molar-refractivity contribution >= 4 is 65.3 Å². The first-order valence-electron chi connectivity index (χ1n) is 17.4. The summed E-state index contributed by atoms with van der Waals surface area (Å²) >= 11 is 0. The van der Waals surface area contributed by atoms with E-state index in [1.54, 1.807) is 0 Å². The Morgan fingerprint density at radius 3 is 1.75 bits per heavy atom. The lowest BCUT2D eigenvalue weighted by Crippen LogP contribution is -2.00. The predicted molar refractivity (Wildman–Crippen MR) is 213 cm³/mol. The molecule has 0 amide bonds. The monoisotopic (exact) mass is 664 g/mol. The Bertz CT molecular complexity index is 3120. The van der Waals surface area contributed by atoms with Gasteiger partial charge in [0, 0.05) is 38.2 Å². The Morgan fingerprint density at radius 2 is 1.00 bits per heavy atom. The standard InChI is InChI=1S/C47H28N4O/c1-3-12-30(13-4-1)45-48-46(31-14-5-2-6-15-31)50-47(49-45)34-23-22-29-24-25-42-43(37(29)27-34)36-19-11-21-40(44(36)52-42)51-39-20-10-9-18-35(39)38-26-32-16-7-8-17-33(32)28-41(38)51/h1-28H. The first kappa shape index (κ1) is 28.7. The smallest absolute Gasteiger partial charge is 0.164 e. The van der Waals surface area contributed by atoms with Crippen LogP contribution in [0.25, 0.3) is 105 Å². The molecule has 52 heavy (non-hydrogen) atoms. The summed E-state index contributed by atoms with van der Waals surface area (Å²) in [6.45, 7) is 0. The fourth-order valence-corrected chi connectivity index (χ4v) is 7.77. The van der Waals surface area contributed by atoms with E-state index in [2.05, 4.69) is 114 Å². The molecule has 0 N–H and O–H groups in total. The number of para-hydroxylation sites is 2. The fourth-order valence-electron chi connectivity index (χ4n) is 7.77. The molecule has 0 aliphatic carbocycles. The van der Waals surface area contributed by atoms with Gasteiger partial charge in [-0.1, -0.05) is 133 Å². The van der Waals surface area contributed by atoms with Gasteiger partial charge in [-0.2, -0.15) is 0 Å². The Hall–Kier alpha value is -7.11. The maximum absolute atomic E-state index is 6.84. The number of nitrogens with zero attached hydrogens (tertiary/aromatic N) is 4. The van der Waals surface area contributed by atoms with Crippen molar-refractivity contribution in [2.24, 2.45) is 0 Å². The van der Waals surface area contributed by atoms with Crippen molar-refractivity contribution in [3.63, 3.8) is 0 Å². The number of hydrogen-bond donors (Lipinski definition) is 0. The van der Waals surface area contributed by atoms with Gasteiger partial charge in [-0.15, -0.1) is 0 Å². The van der Waals surface area contributed by atoms with Crippen LogP contribution in [0.5, 0.6) is 0 Å². The van der Waals surface area contributed by atoms with Crippen LogP contribution >= 0.6 is 0 Å². The molecule has 11 rings (SSSR count). The topological polar surface area (TPSA) is 56.7 Å². The minimum atomic E-state index is 0.623. The van der Waals surface area contributed by atoms with Crippen LogP contribution in [0.15, 0.2) is 174 Å². The van der Waals surface area contributed by atoms with E-state index < -0.39 is 0 Å². The number of hydrogen-bond acceptors (Lipinski definition) is 4. The second kappa shape index (κ2) is 11.2. The van der Waals surface area contributed by atoms with Crippen molar-refractivity contribution in [2.75, 3.05) is 0 Å². The molecule has 0 aliphatic rings. The first-order valence-corrected chi connectivity index (χ1v) is 17.4. The molecule has 242 valence electrons. The van der Waals surface area contributed by atoms with E-state index in [0.717, 1.165) is 66.1 Å². The van der Waals surface area contributed by atoms with Gasteiger partial charge in [0.1, 0.15) is 5.58 Å².